The molecule has 0 aliphatic carbocycles. The molecule has 0 N–H and O–H groups in total. The Kier molecular flexibility index (Phi) is 6.77. The Morgan fingerprint density at radius 2 is 1.61 bits per heavy atom. The summed E-state index contributed by atoms with van der Waals surface area (Å²) >= 11 is 0. The maximum Gasteiger partial charge on any atom is 0.129 e. The molecule has 0 spiro atoms. The zero-order valence-corrected chi connectivity index (χ0v) is 21.5. The number of rotatable bonds is 8. The predicted octanol–water partition coefficient (Wildman–Crippen LogP) is 8.26. The summed E-state index contributed by atoms with van der Waals surface area (Å²) in [5.74, 6) is 0.884. The molecule has 0 atom stereocenters. The Morgan fingerprint density at radius 1 is 0.833 bits per heavy atom. The van der Waals surface area contributed by atoms with E-state index in [1.807, 2.05) is 19.2 Å². The summed E-state index contributed by atoms with van der Waals surface area (Å²) in [6.45, 7) is 11.0. The van der Waals surface area contributed by atoms with Gasteiger partial charge < -0.3 is 14.2 Å². The van der Waals surface area contributed by atoms with Crippen LogP contribution in [0.3, 0.4) is 0 Å². The normalized spacial score (nSPS) is 11.1. The first-order valence-corrected chi connectivity index (χ1v) is 12.8. The largest absolute Gasteiger partial charge is 0.493 e. The molecule has 3 aromatic carbocycles. The van der Waals surface area contributed by atoms with Crippen LogP contribution in [0, 0.1) is 6.92 Å². The minimum atomic E-state index is 0.606. The number of aryl methyl sites for hydroxylation is 1. The van der Waals surface area contributed by atoms with Crippen molar-refractivity contribution in [1.82, 2.24) is 9.55 Å². The SMILES string of the molecule is CCOc1cc(N(CC)c2ccccc2)ccc1-c1ccnc(-c2c(C)n(CC)c3ccccc23)c1. The molecule has 4 heteroatoms. The summed E-state index contributed by atoms with van der Waals surface area (Å²) in [5, 5.41) is 1.24. The summed E-state index contributed by atoms with van der Waals surface area (Å²) in [6, 6.07) is 29.9. The van der Waals surface area contributed by atoms with Gasteiger partial charge in [0.1, 0.15) is 5.75 Å². The van der Waals surface area contributed by atoms with E-state index in [0.717, 1.165) is 41.3 Å². The topological polar surface area (TPSA) is 30.3 Å². The Bertz CT molecular complexity index is 1490. The zero-order chi connectivity index (χ0) is 25.1. The lowest BCUT2D eigenvalue weighted by molar-refractivity contribution is 0.341. The van der Waals surface area contributed by atoms with Gasteiger partial charge in [0.15, 0.2) is 0 Å². The molecule has 182 valence electrons. The van der Waals surface area contributed by atoms with Crippen molar-refractivity contribution in [3.05, 3.63) is 96.8 Å². The highest BCUT2D eigenvalue weighted by Gasteiger charge is 2.18. The van der Waals surface area contributed by atoms with Gasteiger partial charge in [0.25, 0.3) is 0 Å². The molecule has 0 aliphatic heterocycles. The molecular weight excluding hydrogens is 442 g/mol. The van der Waals surface area contributed by atoms with Crippen molar-refractivity contribution in [2.75, 3.05) is 18.1 Å². The molecule has 0 bridgehead atoms. The quantitative estimate of drug-likeness (QED) is 0.226. The second kappa shape index (κ2) is 10.3. The van der Waals surface area contributed by atoms with Gasteiger partial charge in [0.2, 0.25) is 0 Å². The van der Waals surface area contributed by atoms with E-state index in [-0.39, 0.29) is 0 Å². The number of ether oxygens (including phenoxy) is 1. The third kappa shape index (κ3) is 4.24. The number of benzene rings is 3. The molecule has 36 heavy (non-hydrogen) atoms. The second-order valence-corrected chi connectivity index (χ2v) is 8.84. The van der Waals surface area contributed by atoms with Crippen molar-refractivity contribution in [1.29, 1.82) is 0 Å². The maximum absolute atomic E-state index is 6.17. The Labute approximate surface area is 213 Å². The second-order valence-electron chi connectivity index (χ2n) is 8.84. The van der Waals surface area contributed by atoms with E-state index >= 15 is 0 Å². The third-order valence-electron chi connectivity index (χ3n) is 6.83. The molecule has 0 fully saturated rings. The maximum atomic E-state index is 6.17. The third-order valence-corrected chi connectivity index (χ3v) is 6.83. The first-order chi connectivity index (χ1) is 17.7. The number of hydrogen-bond acceptors (Lipinski definition) is 3. The lowest BCUT2D eigenvalue weighted by Crippen LogP contribution is -2.16. The standard InChI is InChI=1S/C32H33N3O/c1-5-34-23(4)32(28-15-11-12-16-30(28)34)29-21-24(19-20-33-29)27-18-17-26(22-31(27)36-7-3)35(6-2)25-13-9-8-10-14-25/h8-22H,5-7H2,1-4H3. The molecule has 0 saturated carbocycles. The first kappa shape index (κ1) is 23.7. The molecule has 0 saturated heterocycles. The van der Waals surface area contributed by atoms with Crippen molar-refractivity contribution in [3.8, 4) is 28.1 Å². The van der Waals surface area contributed by atoms with Crippen LogP contribution in [0.15, 0.2) is 91.1 Å². The van der Waals surface area contributed by atoms with Gasteiger partial charge in [-0.3, -0.25) is 4.98 Å². The molecule has 0 aliphatic rings. The van der Waals surface area contributed by atoms with E-state index in [1.165, 1.54) is 27.8 Å². The van der Waals surface area contributed by atoms with Crippen LogP contribution in [0.5, 0.6) is 5.75 Å². The molecule has 5 rings (SSSR count). The molecule has 4 nitrogen and oxygen atoms in total. The molecular formula is C32H33N3O. The van der Waals surface area contributed by atoms with Crippen LogP contribution in [-0.2, 0) is 6.54 Å². The highest BCUT2D eigenvalue weighted by molar-refractivity contribution is 5.97. The smallest absolute Gasteiger partial charge is 0.129 e. The van der Waals surface area contributed by atoms with Gasteiger partial charge in [0, 0.05) is 64.5 Å². The number of pyridine rings is 1. The fourth-order valence-corrected chi connectivity index (χ4v) is 5.21. The van der Waals surface area contributed by atoms with Crippen LogP contribution < -0.4 is 9.64 Å². The van der Waals surface area contributed by atoms with Gasteiger partial charge in [-0.25, -0.2) is 0 Å². The van der Waals surface area contributed by atoms with Crippen molar-refractivity contribution < 1.29 is 4.74 Å². The summed E-state index contributed by atoms with van der Waals surface area (Å²) in [6.07, 6.45) is 1.91. The van der Waals surface area contributed by atoms with Crippen LogP contribution in [-0.4, -0.2) is 22.7 Å². The average Bonchev–Trinajstić information content (AvgIpc) is 3.21. The van der Waals surface area contributed by atoms with E-state index in [0.29, 0.717) is 6.61 Å². The average molecular weight is 476 g/mol. The summed E-state index contributed by atoms with van der Waals surface area (Å²) in [5.41, 5.74) is 9.14. The molecule has 0 unspecified atom stereocenters. The predicted molar refractivity (Wildman–Crippen MR) is 151 cm³/mol. The van der Waals surface area contributed by atoms with Crippen LogP contribution in [0.4, 0.5) is 11.4 Å². The van der Waals surface area contributed by atoms with Gasteiger partial charge in [-0.1, -0.05) is 36.4 Å². The molecule has 2 heterocycles. The van der Waals surface area contributed by atoms with Crippen molar-refractivity contribution >= 4 is 22.3 Å². The molecule has 0 radical (unpaired) electrons. The van der Waals surface area contributed by atoms with Gasteiger partial charge in [-0.2, -0.15) is 0 Å². The Hall–Kier alpha value is -4.05. The fourth-order valence-electron chi connectivity index (χ4n) is 5.21. The van der Waals surface area contributed by atoms with E-state index < -0.39 is 0 Å². The summed E-state index contributed by atoms with van der Waals surface area (Å²) in [4.78, 5) is 7.10. The number of anilines is 2. The number of hydrogen-bond donors (Lipinski definition) is 0. The highest BCUT2D eigenvalue weighted by atomic mass is 16.5. The van der Waals surface area contributed by atoms with E-state index in [4.69, 9.17) is 9.72 Å². The lowest BCUT2D eigenvalue weighted by atomic mass is 10.0. The van der Waals surface area contributed by atoms with E-state index in [1.54, 1.807) is 0 Å². The van der Waals surface area contributed by atoms with Gasteiger partial charge >= 0.3 is 0 Å². The lowest BCUT2D eigenvalue weighted by Gasteiger charge is -2.24. The van der Waals surface area contributed by atoms with Crippen LogP contribution in [0.1, 0.15) is 26.5 Å². The highest BCUT2D eigenvalue weighted by Crippen LogP contribution is 2.39. The number of fused-ring (bicyclic) bond motifs is 1. The van der Waals surface area contributed by atoms with Crippen LogP contribution in [0.2, 0.25) is 0 Å². The monoisotopic (exact) mass is 475 g/mol. The minimum absolute atomic E-state index is 0.606. The van der Waals surface area contributed by atoms with Crippen LogP contribution >= 0.6 is 0 Å². The fraction of sp³-hybridized carbons (Fsp3) is 0.219. The van der Waals surface area contributed by atoms with Gasteiger partial charge in [0.05, 0.1) is 12.3 Å². The van der Waals surface area contributed by atoms with E-state index in [2.05, 4.69) is 109 Å². The number of nitrogens with zero attached hydrogens (tertiary/aromatic N) is 3. The van der Waals surface area contributed by atoms with Gasteiger partial charge in [-0.15, -0.1) is 0 Å². The van der Waals surface area contributed by atoms with Crippen molar-refractivity contribution in [2.24, 2.45) is 0 Å². The summed E-state index contributed by atoms with van der Waals surface area (Å²) in [7, 11) is 0. The number of para-hydroxylation sites is 2. The number of aromatic nitrogens is 2. The molecule has 0 amide bonds. The van der Waals surface area contributed by atoms with Crippen LogP contribution in [0.25, 0.3) is 33.3 Å². The minimum Gasteiger partial charge on any atom is -0.493 e. The molecule has 2 aromatic heterocycles. The Morgan fingerprint density at radius 3 is 2.36 bits per heavy atom. The van der Waals surface area contributed by atoms with Crippen molar-refractivity contribution in [2.45, 2.75) is 34.2 Å². The van der Waals surface area contributed by atoms with E-state index in [9.17, 15) is 0 Å². The Balaban J connectivity index is 1.60. The molecule has 5 aromatic rings. The van der Waals surface area contributed by atoms with Gasteiger partial charge in [-0.05, 0) is 75.7 Å². The first-order valence-electron chi connectivity index (χ1n) is 12.8. The summed E-state index contributed by atoms with van der Waals surface area (Å²) < 4.78 is 8.54. The zero-order valence-electron chi connectivity index (χ0n) is 21.5. The van der Waals surface area contributed by atoms with Crippen molar-refractivity contribution in [3.63, 3.8) is 0 Å².